The largest absolute Gasteiger partial charge is 0.396 e. The maximum Gasteiger partial charge on any atom is 0.0598 e. The Hall–Kier alpha value is -0.560. The molecule has 0 bridgehead atoms. The van der Waals surface area contributed by atoms with Crippen LogP contribution in [0.3, 0.4) is 0 Å². The minimum atomic E-state index is 0.279. The number of aliphatic hydroxyl groups is 1. The Morgan fingerprint density at radius 3 is 2.69 bits per heavy atom. The van der Waals surface area contributed by atoms with Gasteiger partial charge in [0.2, 0.25) is 0 Å². The van der Waals surface area contributed by atoms with Crippen LogP contribution in [0, 0.1) is 12.3 Å². The summed E-state index contributed by atoms with van der Waals surface area (Å²) in [6.45, 7) is 5.41. The average molecular weight is 224 g/mol. The van der Waals surface area contributed by atoms with Gasteiger partial charge in [0.1, 0.15) is 0 Å². The number of hydrogen-bond donors (Lipinski definition) is 2. The molecule has 0 saturated carbocycles. The number of aliphatic hydroxyl groups excluding tert-OH is 1. The van der Waals surface area contributed by atoms with Crippen LogP contribution in [0.15, 0.2) is 0 Å². The summed E-state index contributed by atoms with van der Waals surface area (Å²) in [5.41, 5.74) is 0. The molecule has 0 aliphatic carbocycles. The Labute approximate surface area is 99.2 Å². The predicted molar refractivity (Wildman–Crippen MR) is 67.2 cm³/mol. The monoisotopic (exact) mass is 224 g/mol. The molecular formula is C13H24N2O. The Morgan fingerprint density at radius 1 is 1.50 bits per heavy atom. The second kappa shape index (κ2) is 7.67. The summed E-state index contributed by atoms with van der Waals surface area (Å²) >= 11 is 0. The van der Waals surface area contributed by atoms with Crippen molar-refractivity contribution in [2.45, 2.75) is 44.7 Å². The lowest BCUT2D eigenvalue weighted by Gasteiger charge is -2.33. The van der Waals surface area contributed by atoms with Gasteiger partial charge < -0.3 is 10.4 Å². The number of nitrogens with zero attached hydrogens (tertiary/aromatic N) is 1. The van der Waals surface area contributed by atoms with Crippen LogP contribution in [0.5, 0.6) is 0 Å². The SMILES string of the molecule is C#CCN1CCC(NC(CC)CCO)CC1. The van der Waals surface area contributed by atoms with Gasteiger partial charge in [0.25, 0.3) is 0 Å². The third-order valence-corrected chi connectivity index (χ3v) is 3.34. The zero-order valence-corrected chi connectivity index (χ0v) is 10.3. The molecule has 1 unspecified atom stereocenters. The highest BCUT2D eigenvalue weighted by atomic mass is 16.3. The zero-order valence-electron chi connectivity index (χ0n) is 10.3. The van der Waals surface area contributed by atoms with E-state index < -0.39 is 0 Å². The fraction of sp³-hybridized carbons (Fsp3) is 0.846. The minimum absolute atomic E-state index is 0.279. The molecule has 92 valence electrons. The number of terminal acetylenes is 1. The van der Waals surface area contributed by atoms with Crippen molar-refractivity contribution in [3.8, 4) is 12.3 Å². The van der Waals surface area contributed by atoms with E-state index in [1.165, 1.54) is 12.8 Å². The van der Waals surface area contributed by atoms with Crippen molar-refractivity contribution in [3.05, 3.63) is 0 Å². The molecule has 0 amide bonds. The topological polar surface area (TPSA) is 35.5 Å². The highest BCUT2D eigenvalue weighted by molar-refractivity contribution is 4.90. The second-order valence-electron chi connectivity index (χ2n) is 4.54. The Kier molecular flexibility index (Phi) is 6.47. The van der Waals surface area contributed by atoms with Crippen LogP contribution in [-0.2, 0) is 0 Å². The van der Waals surface area contributed by atoms with Gasteiger partial charge >= 0.3 is 0 Å². The van der Waals surface area contributed by atoms with E-state index >= 15 is 0 Å². The fourth-order valence-electron chi connectivity index (χ4n) is 2.28. The van der Waals surface area contributed by atoms with Gasteiger partial charge in [0, 0.05) is 31.8 Å². The average Bonchev–Trinajstić information content (AvgIpc) is 2.31. The van der Waals surface area contributed by atoms with E-state index in [1.807, 2.05) is 0 Å². The van der Waals surface area contributed by atoms with Gasteiger partial charge in [-0.25, -0.2) is 0 Å². The maximum absolute atomic E-state index is 8.94. The molecule has 3 heteroatoms. The highest BCUT2D eigenvalue weighted by Crippen LogP contribution is 2.11. The van der Waals surface area contributed by atoms with Gasteiger partial charge in [-0.3, -0.25) is 4.90 Å². The molecule has 0 radical (unpaired) electrons. The molecule has 0 aromatic heterocycles. The van der Waals surface area contributed by atoms with Crippen LogP contribution in [0.1, 0.15) is 32.6 Å². The first-order chi connectivity index (χ1) is 7.80. The Morgan fingerprint density at radius 2 is 2.19 bits per heavy atom. The first kappa shape index (κ1) is 13.5. The summed E-state index contributed by atoms with van der Waals surface area (Å²) < 4.78 is 0. The second-order valence-corrected chi connectivity index (χ2v) is 4.54. The summed E-state index contributed by atoms with van der Waals surface area (Å²) in [6.07, 6.45) is 9.59. The van der Waals surface area contributed by atoms with E-state index in [0.29, 0.717) is 12.1 Å². The summed E-state index contributed by atoms with van der Waals surface area (Å²) in [5.74, 6) is 2.70. The molecule has 1 aliphatic rings. The van der Waals surface area contributed by atoms with Crippen LogP contribution < -0.4 is 5.32 Å². The van der Waals surface area contributed by atoms with E-state index in [4.69, 9.17) is 11.5 Å². The van der Waals surface area contributed by atoms with Gasteiger partial charge in [0.15, 0.2) is 0 Å². The molecule has 1 saturated heterocycles. The number of likely N-dealkylation sites (tertiary alicyclic amines) is 1. The van der Waals surface area contributed by atoms with Crippen molar-refractivity contribution in [1.82, 2.24) is 10.2 Å². The Balaban J connectivity index is 2.23. The molecule has 1 rings (SSSR count). The van der Waals surface area contributed by atoms with E-state index in [0.717, 1.165) is 32.5 Å². The summed E-state index contributed by atoms with van der Waals surface area (Å²) in [5, 5.41) is 12.6. The maximum atomic E-state index is 8.94. The lowest BCUT2D eigenvalue weighted by atomic mass is 10.0. The number of piperidine rings is 1. The van der Waals surface area contributed by atoms with E-state index in [-0.39, 0.29) is 6.61 Å². The van der Waals surface area contributed by atoms with Crippen molar-refractivity contribution in [2.24, 2.45) is 0 Å². The zero-order chi connectivity index (χ0) is 11.8. The molecule has 0 spiro atoms. The van der Waals surface area contributed by atoms with Crippen LogP contribution in [0.25, 0.3) is 0 Å². The summed E-state index contributed by atoms with van der Waals surface area (Å²) in [6, 6.07) is 1.07. The first-order valence-electron chi connectivity index (χ1n) is 6.32. The van der Waals surface area contributed by atoms with E-state index in [2.05, 4.69) is 23.1 Å². The molecule has 1 fully saturated rings. The normalized spacial score (nSPS) is 20.6. The quantitative estimate of drug-likeness (QED) is 0.656. The van der Waals surface area contributed by atoms with E-state index in [1.54, 1.807) is 0 Å². The highest BCUT2D eigenvalue weighted by Gasteiger charge is 2.20. The van der Waals surface area contributed by atoms with Crippen molar-refractivity contribution in [2.75, 3.05) is 26.2 Å². The van der Waals surface area contributed by atoms with Crippen LogP contribution >= 0.6 is 0 Å². The smallest absolute Gasteiger partial charge is 0.0598 e. The molecular weight excluding hydrogens is 200 g/mol. The van der Waals surface area contributed by atoms with Crippen LogP contribution in [0.4, 0.5) is 0 Å². The van der Waals surface area contributed by atoms with Crippen molar-refractivity contribution in [3.63, 3.8) is 0 Å². The lowest BCUT2D eigenvalue weighted by molar-refractivity contribution is 0.196. The van der Waals surface area contributed by atoms with Crippen LogP contribution in [0.2, 0.25) is 0 Å². The predicted octanol–water partition coefficient (Wildman–Crippen LogP) is 0.835. The molecule has 1 atom stereocenters. The summed E-state index contributed by atoms with van der Waals surface area (Å²) in [7, 11) is 0. The molecule has 0 aromatic rings. The standard InChI is InChI=1S/C13H24N2O/c1-3-8-15-9-5-13(6-10-15)14-12(4-2)7-11-16/h1,12-14,16H,4-11H2,2H3. The molecule has 2 N–H and O–H groups in total. The molecule has 0 aromatic carbocycles. The van der Waals surface area contributed by atoms with Gasteiger partial charge in [-0.1, -0.05) is 12.8 Å². The number of rotatable bonds is 6. The first-order valence-corrected chi connectivity index (χ1v) is 6.32. The fourth-order valence-corrected chi connectivity index (χ4v) is 2.28. The number of nitrogens with one attached hydrogen (secondary N) is 1. The Bertz CT molecular complexity index is 216. The van der Waals surface area contributed by atoms with Gasteiger partial charge in [-0.2, -0.15) is 0 Å². The summed E-state index contributed by atoms with van der Waals surface area (Å²) in [4.78, 5) is 2.32. The van der Waals surface area contributed by atoms with Gasteiger partial charge in [-0.15, -0.1) is 6.42 Å². The van der Waals surface area contributed by atoms with E-state index in [9.17, 15) is 0 Å². The van der Waals surface area contributed by atoms with Gasteiger partial charge in [0.05, 0.1) is 6.54 Å². The van der Waals surface area contributed by atoms with Gasteiger partial charge in [-0.05, 0) is 25.7 Å². The van der Waals surface area contributed by atoms with Crippen molar-refractivity contribution < 1.29 is 5.11 Å². The lowest BCUT2D eigenvalue weighted by Crippen LogP contribution is -2.46. The molecule has 1 heterocycles. The molecule has 16 heavy (non-hydrogen) atoms. The number of hydrogen-bond acceptors (Lipinski definition) is 3. The molecule has 1 aliphatic heterocycles. The van der Waals surface area contributed by atoms with Crippen LogP contribution in [-0.4, -0.2) is 48.3 Å². The van der Waals surface area contributed by atoms with Crippen molar-refractivity contribution in [1.29, 1.82) is 0 Å². The third kappa shape index (κ3) is 4.52. The van der Waals surface area contributed by atoms with Crippen molar-refractivity contribution >= 4 is 0 Å². The third-order valence-electron chi connectivity index (χ3n) is 3.34. The minimum Gasteiger partial charge on any atom is -0.396 e. The molecule has 3 nitrogen and oxygen atoms in total.